The molecular weight excluding hydrogens is 248 g/mol. The maximum absolute atomic E-state index is 12.0. The molecule has 5 nitrogen and oxygen atoms in total. The lowest BCUT2D eigenvalue weighted by atomic mass is 10.3. The normalized spacial score (nSPS) is 13.4. The number of nitrogens with two attached hydrogens (primary N) is 1. The monoisotopic (exact) mass is 260 g/mol. The van der Waals surface area contributed by atoms with Gasteiger partial charge in [-0.2, -0.15) is 0 Å². The number of nitrogens with zero attached hydrogens (tertiary/aromatic N) is 2. The minimum absolute atomic E-state index is 0.107. The van der Waals surface area contributed by atoms with E-state index in [-0.39, 0.29) is 6.03 Å². The molecule has 0 atom stereocenters. The number of carbonyl (C=O) groups is 1. The summed E-state index contributed by atoms with van der Waals surface area (Å²) in [5, 5.41) is 3.43. The minimum Gasteiger partial charge on any atom is -0.375 e. The molecule has 0 radical (unpaired) electrons. The fraction of sp³-hybridized carbons (Fsp3) is 0.167. The molecular formula is C12H12N4OS. The van der Waals surface area contributed by atoms with Gasteiger partial charge in [0.15, 0.2) is 5.13 Å². The number of fused-ring (bicyclic) bond motifs is 1. The maximum Gasteiger partial charge on any atom is 0.322 e. The molecule has 1 aromatic heterocycles. The van der Waals surface area contributed by atoms with Crippen LogP contribution in [0.3, 0.4) is 0 Å². The molecule has 0 spiro atoms. The summed E-state index contributed by atoms with van der Waals surface area (Å²) in [5.74, 6) is 0. The molecule has 2 aromatic rings. The molecule has 18 heavy (non-hydrogen) atoms. The predicted molar refractivity (Wildman–Crippen MR) is 71.2 cm³/mol. The van der Waals surface area contributed by atoms with E-state index in [0.717, 1.165) is 16.3 Å². The summed E-state index contributed by atoms with van der Waals surface area (Å²) in [6.45, 7) is 1.12. The first kappa shape index (κ1) is 11.0. The molecule has 0 unspecified atom stereocenters. The summed E-state index contributed by atoms with van der Waals surface area (Å²) in [4.78, 5) is 19.0. The predicted octanol–water partition coefficient (Wildman–Crippen LogP) is 2.27. The lowest BCUT2D eigenvalue weighted by Gasteiger charge is -2.16. The van der Waals surface area contributed by atoms with Crippen molar-refractivity contribution in [1.82, 2.24) is 9.88 Å². The second-order valence-corrected chi connectivity index (χ2v) is 5.19. The van der Waals surface area contributed by atoms with Crippen molar-refractivity contribution in [1.29, 1.82) is 0 Å². The highest BCUT2D eigenvalue weighted by Crippen LogP contribution is 2.29. The fourth-order valence-corrected chi connectivity index (χ4v) is 2.78. The van der Waals surface area contributed by atoms with Crippen molar-refractivity contribution in [2.45, 2.75) is 13.1 Å². The Kier molecular flexibility index (Phi) is 2.64. The highest BCUT2D eigenvalue weighted by Gasteiger charge is 2.26. The smallest absolute Gasteiger partial charge is 0.322 e. The van der Waals surface area contributed by atoms with Crippen LogP contribution in [-0.2, 0) is 13.1 Å². The van der Waals surface area contributed by atoms with E-state index in [4.69, 9.17) is 5.73 Å². The van der Waals surface area contributed by atoms with Crippen LogP contribution in [-0.4, -0.2) is 15.9 Å². The van der Waals surface area contributed by atoms with Crippen molar-refractivity contribution < 1.29 is 4.79 Å². The Morgan fingerprint density at radius 1 is 1.33 bits per heavy atom. The molecule has 3 N–H and O–H groups in total. The van der Waals surface area contributed by atoms with Crippen molar-refractivity contribution in [3.8, 4) is 0 Å². The van der Waals surface area contributed by atoms with Crippen molar-refractivity contribution in [2.75, 3.05) is 11.1 Å². The van der Waals surface area contributed by atoms with Gasteiger partial charge in [0.1, 0.15) is 0 Å². The first-order valence-electron chi connectivity index (χ1n) is 5.57. The summed E-state index contributed by atoms with van der Waals surface area (Å²) in [5.41, 5.74) is 7.34. The Morgan fingerprint density at radius 2 is 2.11 bits per heavy atom. The zero-order valence-electron chi connectivity index (χ0n) is 9.59. The van der Waals surface area contributed by atoms with E-state index in [9.17, 15) is 4.79 Å². The van der Waals surface area contributed by atoms with Crippen LogP contribution in [0.5, 0.6) is 0 Å². The van der Waals surface area contributed by atoms with Crippen molar-refractivity contribution in [3.05, 3.63) is 40.9 Å². The standard InChI is InChI=1S/C12H12N4OS/c13-11-15-9-6-16(7-10(9)18-11)12(17)14-8-4-2-1-3-5-8/h1-5H,6-7H2,(H2,13,15)(H,14,17). The van der Waals surface area contributed by atoms with Gasteiger partial charge in [-0.3, -0.25) is 0 Å². The van der Waals surface area contributed by atoms with E-state index in [1.165, 1.54) is 11.3 Å². The molecule has 2 heterocycles. The summed E-state index contributed by atoms with van der Waals surface area (Å²) >= 11 is 1.45. The quantitative estimate of drug-likeness (QED) is 0.826. The molecule has 0 aliphatic carbocycles. The zero-order chi connectivity index (χ0) is 12.5. The number of nitrogens with one attached hydrogen (secondary N) is 1. The molecule has 1 aromatic carbocycles. The Hall–Kier alpha value is -2.08. The number of rotatable bonds is 1. The van der Waals surface area contributed by atoms with Crippen molar-refractivity contribution in [3.63, 3.8) is 0 Å². The lowest BCUT2D eigenvalue weighted by molar-refractivity contribution is 0.212. The van der Waals surface area contributed by atoms with Gasteiger partial charge in [-0.25, -0.2) is 9.78 Å². The van der Waals surface area contributed by atoms with Gasteiger partial charge in [-0.15, -0.1) is 11.3 Å². The van der Waals surface area contributed by atoms with Gasteiger partial charge in [0.2, 0.25) is 0 Å². The van der Waals surface area contributed by atoms with Gasteiger partial charge >= 0.3 is 6.03 Å². The molecule has 0 fully saturated rings. The third-order valence-electron chi connectivity index (χ3n) is 2.78. The summed E-state index contributed by atoms with van der Waals surface area (Å²) < 4.78 is 0. The van der Waals surface area contributed by atoms with Crippen LogP contribution in [0.25, 0.3) is 0 Å². The Balaban J connectivity index is 1.67. The third-order valence-corrected chi connectivity index (χ3v) is 3.69. The second-order valence-electron chi connectivity index (χ2n) is 4.07. The van der Waals surface area contributed by atoms with Crippen molar-refractivity contribution >= 4 is 28.2 Å². The van der Waals surface area contributed by atoms with Crippen molar-refractivity contribution in [2.24, 2.45) is 0 Å². The third kappa shape index (κ3) is 2.02. The topological polar surface area (TPSA) is 71.2 Å². The number of nitrogen functional groups attached to an aromatic ring is 1. The molecule has 1 aliphatic heterocycles. The maximum atomic E-state index is 12.0. The molecule has 2 amide bonds. The van der Waals surface area contributed by atoms with Crippen LogP contribution in [0, 0.1) is 0 Å². The highest BCUT2D eigenvalue weighted by molar-refractivity contribution is 7.15. The second kappa shape index (κ2) is 4.30. The fourth-order valence-electron chi connectivity index (χ4n) is 1.93. The van der Waals surface area contributed by atoms with Gasteiger partial charge in [0.05, 0.1) is 23.7 Å². The number of para-hydroxylation sites is 1. The molecule has 1 aliphatic rings. The molecule has 92 valence electrons. The van der Waals surface area contributed by atoms with Gasteiger partial charge in [0.25, 0.3) is 0 Å². The van der Waals surface area contributed by atoms with Gasteiger partial charge in [-0.05, 0) is 12.1 Å². The molecule has 6 heteroatoms. The average molecular weight is 260 g/mol. The SMILES string of the molecule is Nc1nc2c(s1)CN(C(=O)Nc1ccccc1)C2. The van der Waals surface area contributed by atoms with E-state index in [1.54, 1.807) is 4.90 Å². The van der Waals surface area contributed by atoms with Gasteiger partial charge in [-0.1, -0.05) is 18.2 Å². The van der Waals surface area contributed by atoms with E-state index >= 15 is 0 Å². The van der Waals surface area contributed by atoms with E-state index in [1.807, 2.05) is 30.3 Å². The van der Waals surface area contributed by atoms with Gasteiger partial charge in [0, 0.05) is 5.69 Å². The Morgan fingerprint density at radius 3 is 2.83 bits per heavy atom. The number of thiazole rings is 1. The van der Waals surface area contributed by atoms with Crippen LogP contribution < -0.4 is 11.1 Å². The largest absolute Gasteiger partial charge is 0.375 e. The van der Waals surface area contributed by atoms with E-state index in [0.29, 0.717) is 18.2 Å². The Bertz CT molecular complexity index is 558. The van der Waals surface area contributed by atoms with Crippen LogP contribution in [0.1, 0.15) is 10.6 Å². The number of benzene rings is 1. The van der Waals surface area contributed by atoms with Gasteiger partial charge < -0.3 is 16.0 Å². The molecule has 0 saturated heterocycles. The van der Waals surface area contributed by atoms with Crippen LogP contribution in [0.2, 0.25) is 0 Å². The number of hydrogen-bond donors (Lipinski definition) is 2. The Labute approximate surface area is 108 Å². The number of urea groups is 1. The zero-order valence-corrected chi connectivity index (χ0v) is 10.4. The summed E-state index contributed by atoms with van der Waals surface area (Å²) in [7, 11) is 0. The number of carbonyl (C=O) groups excluding carboxylic acids is 1. The van der Waals surface area contributed by atoms with Crippen LogP contribution in [0.4, 0.5) is 15.6 Å². The molecule has 0 bridgehead atoms. The summed E-state index contributed by atoms with van der Waals surface area (Å²) in [6.07, 6.45) is 0. The number of amides is 2. The molecule has 3 rings (SSSR count). The first-order valence-corrected chi connectivity index (χ1v) is 6.39. The first-order chi connectivity index (χ1) is 8.72. The van der Waals surface area contributed by atoms with E-state index < -0.39 is 0 Å². The minimum atomic E-state index is -0.107. The number of hydrogen-bond acceptors (Lipinski definition) is 4. The molecule has 0 saturated carbocycles. The summed E-state index contributed by atoms with van der Waals surface area (Å²) in [6, 6.07) is 9.30. The van der Waals surface area contributed by atoms with Crippen LogP contribution >= 0.6 is 11.3 Å². The van der Waals surface area contributed by atoms with E-state index in [2.05, 4.69) is 10.3 Å². The number of anilines is 2. The number of aromatic nitrogens is 1. The lowest BCUT2D eigenvalue weighted by Crippen LogP contribution is -2.30. The van der Waals surface area contributed by atoms with Crippen LogP contribution in [0.15, 0.2) is 30.3 Å². The average Bonchev–Trinajstić information content (AvgIpc) is 2.87. The highest BCUT2D eigenvalue weighted by atomic mass is 32.1.